The van der Waals surface area contributed by atoms with Crippen LogP contribution in [0.25, 0.3) is 0 Å². The number of hydrogen-bond acceptors (Lipinski definition) is 3. The lowest BCUT2D eigenvalue weighted by atomic mass is 10.4. The van der Waals surface area contributed by atoms with Gasteiger partial charge >= 0.3 is 0 Å². The smallest absolute Gasteiger partial charge is 0.0725 e. The molecule has 0 saturated heterocycles. The van der Waals surface area contributed by atoms with Crippen LogP contribution in [-0.2, 0) is 6.54 Å². The maximum atomic E-state index is 5.32. The van der Waals surface area contributed by atoms with Crippen LogP contribution in [0.5, 0.6) is 0 Å². The Kier molecular flexibility index (Phi) is 7.62. The SMILES string of the molecule is Cc1cncc(CN)n1.Cl.Cl. The molecule has 0 saturated carbocycles. The average molecular weight is 196 g/mol. The number of nitrogens with zero attached hydrogens (tertiary/aromatic N) is 2. The first-order valence-electron chi connectivity index (χ1n) is 2.80. The Morgan fingerprint density at radius 2 is 2.00 bits per heavy atom. The molecule has 0 spiro atoms. The van der Waals surface area contributed by atoms with Crippen LogP contribution < -0.4 is 5.73 Å². The van der Waals surface area contributed by atoms with Crippen LogP contribution in [0.1, 0.15) is 11.4 Å². The monoisotopic (exact) mass is 195 g/mol. The summed E-state index contributed by atoms with van der Waals surface area (Å²) in [5.74, 6) is 0. The summed E-state index contributed by atoms with van der Waals surface area (Å²) in [6, 6.07) is 0. The summed E-state index contributed by atoms with van der Waals surface area (Å²) in [6.07, 6.45) is 3.38. The normalized spacial score (nSPS) is 7.82. The summed E-state index contributed by atoms with van der Waals surface area (Å²) in [6.45, 7) is 2.36. The maximum Gasteiger partial charge on any atom is 0.0725 e. The Labute approximate surface area is 78.2 Å². The van der Waals surface area contributed by atoms with Crippen molar-refractivity contribution in [2.24, 2.45) is 5.73 Å². The van der Waals surface area contributed by atoms with Crippen LogP contribution in [-0.4, -0.2) is 9.97 Å². The van der Waals surface area contributed by atoms with Crippen molar-refractivity contribution in [1.82, 2.24) is 9.97 Å². The molecule has 0 aliphatic carbocycles. The molecular formula is C6H11Cl2N3. The van der Waals surface area contributed by atoms with Crippen LogP contribution in [0.3, 0.4) is 0 Å². The molecule has 0 amide bonds. The fraction of sp³-hybridized carbons (Fsp3) is 0.333. The zero-order valence-electron chi connectivity index (χ0n) is 6.15. The molecular weight excluding hydrogens is 185 g/mol. The van der Waals surface area contributed by atoms with Gasteiger partial charge in [-0.3, -0.25) is 9.97 Å². The molecule has 2 N–H and O–H groups in total. The summed E-state index contributed by atoms with van der Waals surface area (Å²) in [5, 5.41) is 0. The highest BCUT2D eigenvalue weighted by Crippen LogP contribution is 1.91. The molecule has 64 valence electrons. The van der Waals surface area contributed by atoms with Gasteiger partial charge in [0.05, 0.1) is 11.4 Å². The molecule has 0 bridgehead atoms. The van der Waals surface area contributed by atoms with Crippen molar-refractivity contribution in [2.75, 3.05) is 0 Å². The van der Waals surface area contributed by atoms with E-state index in [0.717, 1.165) is 11.4 Å². The van der Waals surface area contributed by atoms with Gasteiger partial charge < -0.3 is 5.73 Å². The number of hydrogen-bond donors (Lipinski definition) is 1. The van der Waals surface area contributed by atoms with E-state index in [-0.39, 0.29) is 24.8 Å². The van der Waals surface area contributed by atoms with E-state index < -0.39 is 0 Å². The molecule has 0 radical (unpaired) electrons. The molecule has 1 aromatic rings. The van der Waals surface area contributed by atoms with Crippen LogP contribution in [0.2, 0.25) is 0 Å². The van der Waals surface area contributed by atoms with E-state index in [2.05, 4.69) is 9.97 Å². The minimum atomic E-state index is 0. The highest BCUT2D eigenvalue weighted by atomic mass is 35.5. The van der Waals surface area contributed by atoms with E-state index in [1.54, 1.807) is 12.4 Å². The second-order valence-electron chi connectivity index (χ2n) is 1.86. The van der Waals surface area contributed by atoms with E-state index in [0.29, 0.717) is 6.54 Å². The number of rotatable bonds is 1. The van der Waals surface area contributed by atoms with Crippen molar-refractivity contribution in [3.63, 3.8) is 0 Å². The molecule has 11 heavy (non-hydrogen) atoms. The van der Waals surface area contributed by atoms with Crippen molar-refractivity contribution in [3.05, 3.63) is 23.8 Å². The van der Waals surface area contributed by atoms with Gasteiger partial charge in [-0.25, -0.2) is 0 Å². The van der Waals surface area contributed by atoms with Gasteiger partial charge in [-0.15, -0.1) is 24.8 Å². The Hall–Kier alpha value is -0.380. The first-order chi connectivity index (χ1) is 4.33. The third kappa shape index (κ3) is 4.14. The predicted molar refractivity (Wildman–Crippen MR) is 49.2 cm³/mol. The Morgan fingerprint density at radius 3 is 2.36 bits per heavy atom. The standard InChI is InChI=1S/C6H9N3.2ClH/c1-5-3-8-4-6(2-7)9-5;;/h3-4H,2,7H2,1H3;2*1H. The van der Waals surface area contributed by atoms with E-state index in [4.69, 9.17) is 5.73 Å². The Balaban J connectivity index is 0. The summed E-state index contributed by atoms with van der Waals surface area (Å²) < 4.78 is 0. The maximum absolute atomic E-state index is 5.32. The van der Waals surface area contributed by atoms with Gasteiger partial charge in [-0.05, 0) is 6.92 Å². The van der Waals surface area contributed by atoms with E-state index in [9.17, 15) is 0 Å². The summed E-state index contributed by atoms with van der Waals surface area (Å²) in [4.78, 5) is 8.02. The molecule has 0 aliphatic heterocycles. The molecule has 0 aromatic carbocycles. The van der Waals surface area contributed by atoms with Gasteiger partial charge in [0.25, 0.3) is 0 Å². The molecule has 1 rings (SSSR count). The zero-order valence-corrected chi connectivity index (χ0v) is 7.78. The van der Waals surface area contributed by atoms with Gasteiger partial charge in [0, 0.05) is 18.9 Å². The molecule has 1 heterocycles. The van der Waals surface area contributed by atoms with Gasteiger partial charge in [-0.1, -0.05) is 0 Å². The molecule has 0 fully saturated rings. The van der Waals surface area contributed by atoms with E-state index >= 15 is 0 Å². The third-order valence-corrected chi connectivity index (χ3v) is 1.01. The summed E-state index contributed by atoms with van der Waals surface area (Å²) in [5.41, 5.74) is 7.07. The van der Waals surface area contributed by atoms with Gasteiger partial charge in [0.1, 0.15) is 0 Å². The van der Waals surface area contributed by atoms with Crippen molar-refractivity contribution in [1.29, 1.82) is 0 Å². The first kappa shape index (κ1) is 13.2. The second kappa shape index (κ2) is 6.34. The first-order valence-corrected chi connectivity index (χ1v) is 2.80. The lowest BCUT2D eigenvalue weighted by molar-refractivity contribution is 0.939. The fourth-order valence-corrected chi connectivity index (χ4v) is 0.614. The molecule has 0 aliphatic rings. The average Bonchev–Trinajstić information content (AvgIpc) is 1.88. The van der Waals surface area contributed by atoms with E-state index in [1.165, 1.54) is 0 Å². The van der Waals surface area contributed by atoms with Crippen molar-refractivity contribution in [3.8, 4) is 0 Å². The predicted octanol–water partition coefficient (Wildman–Crippen LogP) is 1.09. The highest BCUT2D eigenvalue weighted by molar-refractivity contribution is 5.85. The molecule has 5 heteroatoms. The molecule has 0 atom stereocenters. The highest BCUT2D eigenvalue weighted by Gasteiger charge is 1.88. The Bertz CT molecular complexity index is 205. The minimum Gasteiger partial charge on any atom is -0.325 e. The van der Waals surface area contributed by atoms with Crippen molar-refractivity contribution >= 4 is 24.8 Å². The summed E-state index contributed by atoms with van der Waals surface area (Å²) in [7, 11) is 0. The zero-order chi connectivity index (χ0) is 6.69. The Morgan fingerprint density at radius 1 is 1.36 bits per heavy atom. The fourth-order valence-electron chi connectivity index (χ4n) is 0.614. The number of halogens is 2. The largest absolute Gasteiger partial charge is 0.325 e. The van der Waals surface area contributed by atoms with E-state index in [1.807, 2.05) is 6.92 Å². The van der Waals surface area contributed by atoms with Crippen LogP contribution in [0.15, 0.2) is 12.4 Å². The van der Waals surface area contributed by atoms with Crippen molar-refractivity contribution in [2.45, 2.75) is 13.5 Å². The molecule has 3 nitrogen and oxygen atoms in total. The minimum absolute atomic E-state index is 0. The lowest BCUT2D eigenvalue weighted by Gasteiger charge is -1.93. The third-order valence-electron chi connectivity index (χ3n) is 1.01. The van der Waals surface area contributed by atoms with Crippen LogP contribution in [0.4, 0.5) is 0 Å². The quantitative estimate of drug-likeness (QED) is 0.731. The molecule has 1 aromatic heterocycles. The summed E-state index contributed by atoms with van der Waals surface area (Å²) >= 11 is 0. The van der Waals surface area contributed by atoms with Gasteiger partial charge in [-0.2, -0.15) is 0 Å². The number of nitrogens with two attached hydrogens (primary N) is 1. The second-order valence-corrected chi connectivity index (χ2v) is 1.86. The lowest BCUT2D eigenvalue weighted by Crippen LogP contribution is -2.00. The van der Waals surface area contributed by atoms with Gasteiger partial charge in [0.2, 0.25) is 0 Å². The van der Waals surface area contributed by atoms with Crippen molar-refractivity contribution < 1.29 is 0 Å². The topological polar surface area (TPSA) is 51.8 Å². The van der Waals surface area contributed by atoms with Gasteiger partial charge in [0.15, 0.2) is 0 Å². The van der Waals surface area contributed by atoms with Crippen LogP contribution >= 0.6 is 24.8 Å². The molecule has 0 unspecified atom stereocenters. The number of aryl methyl sites for hydroxylation is 1. The van der Waals surface area contributed by atoms with Crippen LogP contribution in [0, 0.1) is 6.92 Å². The number of aromatic nitrogens is 2.